The van der Waals surface area contributed by atoms with Crippen LogP contribution in [-0.4, -0.2) is 25.2 Å². The molecule has 2 aromatic heterocycles. The molecule has 1 N–H and O–H groups in total. The molecule has 5 aromatic rings. The highest BCUT2D eigenvalue weighted by Crippen LogP contribution is 2.28. The van der Waals surface area contributed by atoms with Crippen LogP contribution in [0.1, 0.15) is 22.5 Å². The van der Waals surface area contributed by atoms with Gasteiger partial charge in [0.05, 0.1) is 0 Å². The highest BCUT2D eigenvalue weighted by molar-refractivity contribution is 5.92. The number of hydrogen-bond donors (Lipinski definition) is 1. The molecule has 0 aliphatic rings. The van der Waals surface area contributed by atoms with Gasteiger partial charge in [-0.1, -0.05) is 60.7 Å². The van der Waals surface area contributed by atoms with E-state index < -0.39 is 0 Å². The van der Waals surface area contributed by atoms with E-state index in [1.165, 1.54) is 5.56 Å². The van der Waals surface area contributed by atoms with Gasteiger partial charge in [-0.3, -0.25) is 0 Å². The summed E-state index contributed by atoms with van der Waals surface area (Å²) in [4.78, 5) is 0. The molecule has 0 spiro atoms. The maximum absolute atomic E-state index is 6.06. The first kappa shape index (κ1) is 18.8. The minimum absolute atomic E-state index is 0.533. The second-order valence-corrected chi connectivity index (χ2v) is 7.25. The molecule has 31 heavy (non-hydrogen) atoms. The number of rotatable bonds is 7. The first-order valence-corrected chi connectivity index (χ1v) is 10.1. The van der Waals surface area contributed by atoms with E-state index in [4.69, 9.17) is 4.74 Å². The van der Waals surface area contributed by atoms with Gasteiger partial charge in [0.1, 0.15) is 12.4 Å². The Morgan fingerprint density at radius 3 is 2.39 bits per heavy atom. The lowest BCUT2D eigenvalue weighted by Gasteiger charge is -2.08. The van der Waals surface area contributed by atoms with Crippen molar-refractivity contribution in [3.8, 4) is 5.75 Å². The molecule has 0 bridgehead atoms. The van der Waals surface area contributed by atoms with Crippen LogP contribution >= 0.6 is 0 Å². The number of aromatic amines is 1. The van der Waals surface area contributed by atoms with E-state index in [-0.39, 0.29) is 0 Å². The molecular formula is C25H21N5O. The lowest BCUT2D eigenvalue weighted by Crippen LogP contribution is -1.98. The second-order valence-electron chi connectivity index (χ2n) is 7.25. The van der Waals surface area contributed by atoms with Crippen molar-refractivity contribution in [1.29, 1.82) is 0 Å². The lowest BCUT2D eigenvalue weighted by atomic mass is 10.1. The summed E-state index contributed by atoms with van der Waals surface area (Å²) in [5.74, 6) is 1.38. The van der Waals surface area contributed by atoms with Crippen molar-refractivity contribution in [2.75, 3.05) is 0 Å². The summed E-state index contributed by atoms with van der Waals surface area (Å²) < 4.78 is 8.31. The third-order valence-corrected chi connectivity index (χ3v) is 5.10. The molecule has 6 heteroatoms. The quantitative estimate of drug-likeness (QED) is 0.414. The van der Waals surface area contributed by atoms with Gasteiger partial charge in [0, 0.05) is 29.2 Å². The van der Waals surface area contributed by atoms with E-state index in [1.807, 2.05) is 42.5 Å². The van der Waals surface area contributed by atoms with Gasteiger partial charge in [0.15, 0.2) is 5.82 Å². The van der Waals surface area contributed by atoms with Crippen molar-refractivity contribution in [3.63, 3.8) is 0 Å². The average molecular weight is 407 g/mol. The number of benzene rings is 3. The summed E-state index contributed by atoms with van der Waals surface area (Å²) in [7, 11) is 0. The summed E-state index contributed by atoms with van der Waals surface area (Å²) in [6, 6.07) is 26.8. The van der Waals surface area contributed by atoms with E-state index in [9.17, 15) is 0 Å². The van der Waals surface area contributed by atoms with Crippen LogP contribution in [0.2, 0.25) is 0 Å². The smallest absolute Gasteiger partial charge is 0.197 e. The predicted octanol–water partition coefficient (Wildman–Crippen LogP) is 4.95. The first-order valence-electron chi connectivity index (χ1n) is 10.1. The number of nitrogens with zero attached hydrogens (tertiary/aromatic N) is 4. The van der Waals surface area contributed by atoms with Crippen molar-refractivity contribution in [3.05, 3.63) is 108 Å². The monoisotopic (exact) mass is 407 g/mol. The van der Waals surface area contributed by atoms with Crippen LogP contribution in [0.15, 0.2) is 85.1 Å². The Bertz CT molecular complexity index is 1290. The van der Waals surface area contributed by atoms with E-state index in [1.54, 1.807) is 0 Å². The Morgan fingerprint density at radius 2 is 1.65 bits per heavy atom. The minimum atomic E-state index is 0.533. The SMILES string of the molecule is C(=C\c1cn(Cc2ccccc2)c2ccc(OCc3ccccc3)cc12)/c1nn[nH]n1. The van der Waals surface area contributed by atoms with Gasteiger partial charge in [-0.15, -0.1) is 10.2 Å². The van der Waals surface area contributed by atoms with E-state index in [0.717, 1.165) is 34.3 Å². The van der Waals surface area contributed by atoms with E-state index in [2.05, 4.69) is 79.9 Å². The standard InChI is InChI=1S/C25H21N5O/c1-3-7-19(8-4-1)16-30-17-21(11-14-25-26-28-29-27-25)23-15-22(12-13-24(23)30)31-18-20-9-5-2-6-10-20/h1-15,17H,16,18H2,(H,26,27,28,29)/b14-11+. The topological polar surface area (TPSA) is 68.6 Å². The Balaban J connectivity index is 1.48. The van der Waals surface area contributed by atoms with Crippen LogP contribution in [0.5, 0.6) is 5.75 Å². The molecule has 6 nitrogen and oxygen atoms in total. The van der Waals surface area contributed by atoms with Crippen LogP contribution in [0, 0.1) is 0 Å². The maximum Gasteiger partial charge on any atom is 0.197 e. The molecule has 152 valence electrons. The van der Waals surface area contributed by atoms with Crippen molar-refractivity contribution in [2.45, 2.75) is 13.2 Å². The molecule has 5 rings (SSSR count). The fourth-order valence-electron chi connectivity index (χ4n) is 3.58. The number of H-pyrrole nitrogens is 1. The second kappa shape index (κ2) is 8.67. The molecule has 3 aromatic carbocycles. The van der Waals surface area contributed by atoms with Crippen molar-refractivity contribution in [1.82, 2.24) is 25.2 Å². The Kier molecular flexibility index (Phi) is 5.26. The zero-order chi connectivity index (χ0) is 20.9. The summed E-state index contributed by atoms with van der Waals surface area (Å²) in [5.41, 5.74) is 4.60. The third kappa shape index (κ3) is 4.38. The normalized spacial score (nSPS) is 11.4. The fourth-order valence-corrected chi connectivity index (χ4v) is 3.58. The van der Waals surface area contributed by atoms with E-state index >= 15 is 0 Å². The van der Waals surface area contributed by atoms with Gasteiger partial charge >= 0.3 is 0 Å². The van der Waals surface area contributed by atoms with Gasteiger partial charge < -0.3 is 9.30 Å². The summed E-state index contributed by atoms with van der Waals surface area (Å²) in [5, 5.41) is 15.2. The molecule has 0 radical (unpaired) electrons. The molecule has 0 saturated carbocycles. The van der Waals surface area contributed by atoms with Crippen molar-refractivity contribution >= 4 is 23.1 Å². The molecule has 0 unspecified atom stereocenters. The molecule has 0 fully saturated rings. The Morgan fingerprint density at radius 1 is 0.871 bits per heavy atom. The van der Waals surface area contributed by atoms with Gasteiger partial charge in [-0.05, 0) is 46.7 Å². The van der Waals surface area contributed by atoms with E-state index in [0.29, 0.717) is 12.4 Å². The highest BCUT2D eigenvalue weighted by atomic mass is 16.5. The largest absolute Gasteiger partial charge is 0.489 e. The van der Waals surface area contributed by atoms with Crippen LogP contribution in [-0.2, 0) is 13.2 Å². The fraction of sp³-hybridized carbons (Fsp3) is 0.0800. The van der Waals surface area contributed by atoms with Crippen LogP contribution in [0.3, 0.4) is 0 Å². The number of nitrogens with one attached hydrogen (secondary N) is 1. The summed E-state index contributed by atoms with van der Waals surface area (Å²) >= 11 is 0. The number of hydrogen-bond acceptors (Lipinski definition) is 4. The third-order valence-electron chi connectivity index (χ3n) is 5.10. The molecule has 0 amide bonds. The van der Waals surface area contributed by atoms with Crippen LogP contribution in [0.25, 0.3) is 23.1 Å². The summed E-state index contributed by atoms with van der Waals surface area (Å²) in [6.45, 7) is 1.32. The highest BCUT2D eigenvalue weighted by Gasteiger charge is 2.09. The average Bonchev–Trinajstić information content (AvgIpc) is 3.46. The Labute approximate surface area is 179 Å². The van der Waals surface area contributed by atoms with Gasteiger partial charge in [0.2, 0.25) is 0 Å². The van der Waals surface area contributed by atoms with Crippen LogP contribution in [0.4, 0.5) is 0 Å². The van der Waals surface area contributed by atoms with Crippen molar-refractivity contribution < 1.29 is 4.74 Å². The maximum atomic E-state index is 6.06. The summed E-state index contributed by atoms with van der Waals surface area (Å²) in [6.07, 6.45) is 6.01. The first-order chi connectivity index (χ1) is 15.3. The minimum Gasteiger partial charge on any atom is -0.489 e. The number of aromatic nitrogens is 5. The zero-order valence-corrected chi connectivity index (χ0v) is 16.8. The molecule has 2 heterocycles. The predicted molar refractivity (Wildman–Crippen MR) is 121 cm³/mol. The molecule has 0 aliphatic carbocycles. The molecule has 0 atom stereocenters. The van der Waals surface area contributed by atoms with Gasteiger partial charge in [-0.2, -0.15) is 5.21 Å². The molecular weight excluding hydrogens is 386 g/mol. The van der Waals surface area contributed by atoms with Gasteiger partial charge in [0.25, 0.3) is 0 Å². The molecule has 0 saturated heterocycles. The zero-order valence-electron chi connectivity index (χ0n) is 16.8. The number of tetrazole rings is 1. The molecule has 0 aliphatic heterocycles. The van der Waals surface area contributed by atoms with Crippen LogP contribution < -0.4 is 4.74 Å². The number of fused-ring (bicyclic) bond motifs is 1. The van der Waals surface area contributed by atoms with Gasteiger partial charge in [-0.25, -0.2) is 0 Å². The van der Waals surface area contributed by atoms with Crippen molar-refractivity contribution in [2.24, 2.45) is 0 Å². The Hall–Kier alpha value is -4.19. The number of ether oxygens (including phenoxy) is 1. The lowest BCUT2D eigenvalue weighted by molar-refractivity contribution is 0.306.